The number of amides is 1. The third-order valence-electron chi connectivity index (χ3n) is 8.57. The van der Waals surface area contributed by atoms with Crippen molar-refractivity contribution in [2.24, 2.45) is 5.41 Å². The molecule has 1 fully saturated rings. The molecular formula is C34H37FN4O3. The minimum Gasteiger partial charge on any atom is -0.497 e. The van der Waals surface area contributed by atoms with E-state index in [1.54, 1.807) is 19.2 Å². The molecule has 2 heterocycles. The van der Waals surface area contributed by atoms with Crippen molar-refractivity contribution in [3.8, 4) is 5.75 Å². The van der Waals surface area contributed by atoms with Crippen LogP contribution in [0.3, 0.4) is 0 Å². The van der Waals surface area contributed by atoms with Gasteiger partial charge in [0.25, 0.3) is 0 Å². The molecule has 1 aliphatic carbocycles. The standard InChI is InChI=1S/C34H37FN4O3/c1-34(2)20-28-32(30(40)21-34)33(23-8-10-24(35)11-9-23)39(29-7-5-4-6-27(29)36-28)22-31(41)38-18-16-37(17-19-38)25-12-14-26(42-3)15-13-25/h4-15,33,36H,16-22H2,1-3H3. The molecule has 1 N–H and O–H groups in total. The number of nitrogens with one attached hydrogen (secondary N) is 1. The fourth-order valence-electron chi connectivity index (χ4n) is 6.47. The lowest BCUT2D eigenvalue weighted by Gasteiger charge is -2.40. The van der Waals surface area contributed by atoms with Crippen LogP contribution in [0.4, 0.5) is 21.5 Å². The van der Waals surface area contributed by atoms with Gasteiger partial charge in [-0.3, -0.25) is 9.59 Å². The second-order valence-corrected chi connectivity index (χ2v) is 12.1. The predicted molar refractivity (Wildman–Crippen MR) is 163 cm³/mol. The Kier molecular flexibility index (Phi) is 7.39. The van der Waals surface area contributed by atoms with Gasteiger partial charge in [0, 0.05) is 49.6 Å². The molecule has 0 bridgehead atoms. The second kappa shape index (κ2) is 11.2. The first-order valence-corrected chi connectivity index (χ1v) is 14.5. The largest absolute Gasteiger partial charge is 0.497 e. The zero-order valence-corrected chi connectivity index (χ0v) is 24.4. The molecule has 42 heavy (non-hydrogen) atoms. The number of Topliss-reactive ketones (excluding diaryl/α,β-unsaturated/α-hetero) is 1. The number of hydrogen-bond acceptors (Lipinski definition) is 6. The molecule has 8 heteroatoms. The van der Waals surface area contributed by atoms with Gasteiger partial charge in [0.2, 0.25) is 5.91 Å². The summed E-state index contributed by atoms with van der Waals surface area (Å²) in [6.07, 6.45) is 1.12. The summed E-state index contributed by atoms with van der Waals surface area (Å²) in [4.78, 5) is 34.0. The van der Waals surface area contributed by atoms with Crippen LogP contribution in [0.5, 0.6) is 5.75 Å². The quantitative estimate of drug-likeness (QED) is 0.420. The van der Waals surface area contributed by atoms with E-state index in [2.05, 4.69) is 24.1 Å². The van der Waals surface area contributed by atoms with Crippen molar-refractivity contribution in [2.75, 3.05) is 55.0 Å². The number of piperazine rings is 1. The number of halogens is 1. The highest BCUT2D eigenvalue weighted by Crippen LogP contribution is 2.48. The number of fused-ring (bicyclic) bond motifs is 1. The Labute approximate surface area is 246 Å². The Morgan fingerprint density at radius 1 is 0.952 bits per heavy atom. The van der Waals surface area contributed by atoms with E-state index in [9.17, 15) is 14.0 Å². The lowest BCUT2D eigenvalue weighted by Crippen LogP contribution is -2.52. The van der Waals surface area contributed by atoms with Crippen LogP contribution in [0.1, 0.15) is 38.3 Å². The van der Waals surface area contributed by atoms with Crippen LogP contribution in [-0.2, 0) is 9.59 Å². The van der Waals surface area contributed by atoms with E-state index in [0.29, 0.717) is 31.5 Å². The maximum atomic E-state index is 14.1. The van der Waals surface area contributed by atoms with Crippen molar-refractivity contribution in [2.45, 2.75) is 32.7 Å². The van der Waals surface area contributed by atoms with Crippen molar-refractivity contribution in [1.82, 2.24) is 4.90 Å². The van der Waals surface area contributed by atoms with Crippen molar-refractivity contribution in [3.05, 3.63) is 95.4 Å². The third kappa shape index (κ3) is 5.45. The van der Waals surface area contributed by atoms with Gasteiger partial charge in [-0.1, -0.05) is 38.1 Å². The van der Waals surface area contributed by atoms with Gasteiger partial charge in [0.05, 0.1) is 31.1 Å². The lowest BCUT2D eigenvalue weighted by molar-refractivity contribution is -0.130. The number of rotatable bonds is 5. The molecule has 1 saturated heterocycles. The Hall–Kier alpha value is -4.33. The number of carbonyl (C=O) groups excluding carboxylic acids is 2. The summed E-state index contributed by atoms with van der Waals surface area (Å²) in [5.41, 5.74) is 4.93. The van der Waals surface area contributed by atoms with Gasteiger partial charge in [0.1, 0.15) is 11.6 Å². The second-order valence-electron chi connectivity index (χ2n) is 12.1. The number of ketones is 1. The highest BCUT2D eigenvalue weighted by molar-refractivity contribution is 6.02. The van der Waals surface area contributed by atoms with Crippen molar-refractivity contribution < 1.29 is 18.7 Å². The Morgan fingerprint density at radius 2 is 1.64 bits per heavy atom. The fraction of sp³-hybridized carbons (Fsp3) is 0.353. The van der Waals surface area contributed by atoms with Gasteiger partial charge < -0.3 is 24.8 Å². The number of hydrogen-bond donors (Lipinski definition) is 1. The van der Waals surface area contributed by atoms with E-state index >= 15 is 0 Å². The maximum Gasteiger partial charge on any atom is 0.242 e. The summed E-state index contributed by atoms with van der Waals surface area (Å²) in [5, 5.41) is 3.58. The first kappa shape index (κ1) is 27.8. The number of para-hydroxylation sites is 2. The Bertz CT molecular complexity index is 1510. The van der Waals surface area contributed by atoms with Crippen molar-refractivity contribution in [1.29, 1.82) is 0 Å². The molecule has 1 amide bonds. The van der Waals surface area contributed by atoms with E-state index in [0.717, 1.165) is 47.2 Å². The molecule has 6 rings (SSSR count). The zero-order chi connectivity index (χ0) is 29.4. The van der Waals surface area contributed by atoms with Crippen LogP contribution < -0.4 is 19.9 Å². The molecule has 0 spiro atoms. The van der Waals surface area contributed by atoms with Crippen LogP contribution in [0.2, 0.25) is 0 Å². The van der Waals surface area contributed by atoms with Crippen LogP contribution in [0.15, 0.2) is 84.1 Å². The van der Waals surface area contributed by atoms with E-state index in [4.69, 9.17) is 4.74 Å². The van der Waals surface area contributed by atoms with Crippen LogP contribution in [0.25, 0.3) is 0 Å². The van der Waals surface area contributed by atoms with Gasteiger partial charge in [-0.15, -0.1) is 0 Å². The molecular weight excluding hydrogens is 531 g/mol. The van der Waals surface area contributed by atoms with Gasteiger partial charge >= 0.3 is 0 Å². The molecule has 1 unspecified atom stereocenters. The Balaban J connectivity index is 1.32. The molecule has 0 radical (unpaired) electrons. The average molecular weight is 569 g/mol. The van der Waals surface area contributed by atoms with E-state index in [-0.39, 0.29) is 29.5 Å². The van der Waals surface area contributed by atoms with E-state index in [1.807, 2.05) is 58.3 Å². The first-order valence-electron chi connectivity index (χ1n) is 14.5. The molecule has 3 aromatic carbocycles. The van der Waals surface area contributed by atoms with Gasteiger partial charge in [0.15, 0.2) is 5.78 Å². The number of carbonyl (C=O) groups is 2. The normalized spacial score (nSPS) is 20.0. The molecule has 7 nitrogen and oxygen atoms in total. The number of nitrogens with zero attached hydrogens (tertiary/aromatic N) is 3. The summed E-state index contributed by atoms with van der Waals surface area (Å²) >= 11 is 0. The smallest absolute Gasteiger partial charge is 0.242 e. The first-order chi connectivity index (χ1) is 20.2. The SMILES string of the molecule is COc1ccc(N2CCN(C(=O)CN3c4ccccc4NC4=C(C(=O)CC(C)(C)C4)C3c3ccc(F)cc3)CC2)cc1. The summed E-state index contributed by atoms with van der Waals surface area (Å²) in [6.45, 7) is 6.94. The molecule has 0 saturated carbocycles. The molecule has 218 valence electrons. The number of allylic oxidation sites excluding steroid dienone is 1. The highest BCUT2D eigenvalue weighted by Gasteiger charge is 2.42. The minimum absolute atomic E-state index is 0.000987. The van der Waals surface area contributed by atoms with Gasteiger partial charge in [-0.2, -0.15) is 0 Å². The number of ether oxygens (including phenoxy) is 1. The fourth-order valence-corrected chi connectivity index (χ4v) is 6.47. The summed E-state index contributed by atoms with van der Waals surface area (Å²) in [7, 11) is 1.65. The molecule has 0 aromatic heterocycles. The summed E-state index contributed by atoms with van der Waals surface area (Å²) < 4.78 is 19.3. The van der Waals surface area contributed by atoms with Crippen LogP contribution in [-0.4, -0.2) is 56.4 Å². The van der Waals surface area contributed by atoms with Gasteiger partial charge in [-0.25, -0.2) is 4.39 Å². The molecule has 1 atom stereocenters. The highest BCUT2D eigenvalue weighted by atomic mass is 19.1. The number of benzene rings is 3. The van der Waals surface area contributed by atoms with Crippen LogP contribution in [0, 0.1) is 11.2 Å². The monoisotopic (exact) mass is 568 g/mol. The van der Waals surface area contributed by atoms with E-state index in [1.165, 1.54) is 12.1 Å². The van der Waals surface area contributed by atoms with Crippen LogP contribution >= 0.6 is 0 Å². The lowest BCUT2D eigenvalue weighted by atomic mass is 9.73. The summed E-state index contributed by atoms with van der Waals surface area (Å²) in [5.74, 6) is 0.530. The number of methoxy groups -OCH3 is 1. The topological polar surface area (TPSA) is 65.1 Å². The number of anilines is 3. The van der Waals surface area contributed by atoms with E-state index < -0.39 is 6.04 Å². The Morgan fingerprint density at radius 3 is 2.33 bits per heavy atom. The van der Waals surface area contributed by atoms with Gasteiger partial charge in [-0.05, 0) is 65.9 Å². The van der Waals surface area contributed by atoms with Crippen molar-refractivity contribution >= 4 is 28.8 Å². The van der Waals surface area contributed by atoms with Crippen molar-refractivity contribution in [3.63, 3.8) is 0 Å². The third-order valence-corrected chi connectivity index (χ3v) is 8.57. The summed E-state index contributed by atoms with van der Waals surface area (Å²) in [6, 6.07) is 21.7. The molecule has 2 aliphatic heterocycles. The maximum absolute atomic E-state index is 14.1. The molecule has 3 aliphatic rings. The zero-order valence-electron chi connectivity index (χ0n) is 24.4. The minimum atomic E-state index is -0.523. The predicted octanol–water partition coefficient (Wildman–Crippen LogP) is 5.80. The molecule has 3 aromatic rings. The average Bonchev–Trinajstić information content (AvgIpc) is 3.11.